The molecular formula is C9H14N2O2. The third-order valence-corrected chi connectivity index (χ3v) is 1.87. The first kappa shape index (κ1) is 9.95. The zero-order chi connectivity index (χ0) is 9.84. The first-order chi connectivity index (χ1) is 6.15. The zero-order valence-electron chi connectivity index (χ0n) is 7.77. The fraction of sp³-hybridized carbons (Fsp3) is 0.444. The molecule has 0 saturated heterocycles. The number of hydrogen-bond donors (Lipinski definition) is 2. The highest BCUT2D eigenvalue weighted by Crippen LogP contribution is 2.17. The van der Waals surface area contributed by atoms with Gasteiger partial charge in [0, 0.05) is 12.3 Å². The molecule has 72 valence electrons. The van der Waals surface area contributed by atoms with Crippen molar-refractivity contribution in [2.24, 2.45) is 5.73 Å². The number of nitrogens with zero attached hydrogens (tertiary/aromatic N) is 1. The van der Waals surface area contributed by atoms with E-state index in [4.69, 9.17) is 10.5 Å². The van der Waals surface area contributed by atoms with Crippen molar-refractivity contribution in [3.05, 3.63) is 23.9 Å². The molecule has 0 fully saturated rings. The van der Waals surface area contributed by atoms with Gasteiger partial charge in [-0.25, -0.2) is 4.98 Å². The molecule has 0 radical (unpaired) electrons. The molecule has 0 aliphatic carbocycles. The van der Waals surface area contributed by atoms with Gasteiger partial charge in [-0.05, 0) is 18.6 Å². The number of pyridine rings is 1. The maximum Gasteiger partial charge on any atom is 0.213 e. The van der Waals surface area contributed by atoms with Crippen LogP contribution in [0.25, 0.3) is 0 Å². The van der Waals surface area contributed by atoms with Crippen molar-refractivity contribution in [3.8, 4) is 5.88 Å². The second-order valence-electron chi connectivity index (χ2n) is 2.90. The fourth-order valence-corrected chi connectivity index (χ4v) is 1.02. The van der Waals surface area contributed by atoms with Crippen LogP contribution in [0.15, 0.2) is 18.3 Å². The molecule has 0 spiro atoms. The number of aliphatic hydroxyl groups excluding tert-OH is 1. The SMILES string of the molecule is COc1cc([C@H](N)[C@@H](C)O)ccn1. The summed E-state index contributed by atoms with van der Waals surface area (Å²) >= 11 is 0. The number of nitrogens with two attached hydrogens (primary N) is 1. The lowest BCUT2D eigenvalue weighted by Gasteiger charge is -2.14. The summed E-state index contributed by atoms with van der Waals surface area (Å²) in [5.41, 5.74) is 6.55. The molecule has 2 atom stereocenters. The predicted octanol–water partition coefficient (Wildman–Crippen LogP) is 0.471. The number of aromatic nitrogens is 1. The summed E-state index contributed by atoms with van der Waals surface area (Å²) < 4.78 is 4.94. The standard InChI is InChI=1S/C9H14N2O2/c1-6(12)9(10)7-3-4-11-8(5-7)13-2/h3-6,9,12H,10H2,1-2H3/t6-,9-/m1/s1. The fourth-order valence-electron chi connectivity index (χ4n) is 1.02. The predicted molar refractivity (Wildman–Crippen MR) is 49.4 cm³/mol. The summed E-state index contributed by atoms with van der Waals surface area (Å²) in [6.07, 6.45) is 1.03. The molecule has 0 aliphatic heterocycles. The molecule has 0 aromatic carbocycles. The minimum absolute atomic E-state index is 0.392. The first-order valence-corrected chi connectivity index (χ1v) is 4.08. The monoisotopic (exact) mass is 182 g/mol. The zero-order valence-corrected chi connectivity index (χ0v) is 7.77. The maximum atomic E-state index is 9.25. The lowest BCUT2D eigenvalue weighted by Crippen LogP contribution is -2.23. The van der Waals surface area contributed by atoms with Crippen LogP contribution in [0, 0.1) is 0 Å². The number of rotatable bonds is 3. The Morgan fingerprint density at radius 1 is 1.62 bits per heavy atom. The van der Waals surface area contributed by atoms with E-state index in [1.54, 1.807) is 32.4 Å². The van der Waals surface area contributed by atoms with E-state index in [-0.39, 0.29) is 0 Å². The summed E-state index contributed by atoms with van der Waals surface area (Å²) in [7, 11) is 1.54. The number of hydrogen-bond acceptors (Lipinski definition) is 4. The Hall–Kier alpha value is -1.13. The molecule has 0 bridgehead atoms. The second kappa shape index (κ2) is 4.20. The average molecular weight is 182 g/mol. The van der Waals surface area contributed by atoms with Crippen LogP contribution in [-0.2, 0) is 0 Å². The third-order valence-electron chi connectivity index (χ3n) is 1.87. The highest BCUT2D eigenvalue weighted by Gasteiger charge is 2.12. The Bertz CT molecular complexity index is 276. The van der Waals surface area contributed by atoms with E-state index in [0.29, 0.717) is 5.88 Å². The van der Waals surface area contributed by atoms with Crippen molar-refractivity contribution in [1.29, 1.82) is 0 Å². The van der Waals surface area contributed by atoms with E-state index in [1.807, 2.05) is 0 Å². The molecule has 3 N–H and O–H groups in total. The van der Waals surface area contributed by atoms with E-state index in [2.05, 4.69) is 4.98 Å². The largest absolute Gasteiger partial charge is 0.481 e. The van der Waals surface area contributed by atoms with E-state index < -0.39 is 12.1 Å². The molecule has 0 saturated carbocycles. The van der Waals surface area contributed by atoms with Crippen LogP contribution >= 0.6 is 0 Å². The minimum atomic E-state index is -0.577. The minimum Gasteiger partial charge on any atom is -0.481 e. The molecule has 1 aromatic rings. The van der Waals surface area contributed by atoms with Crippen molar-refractivity contribution in [1.82, 2.24) is 4.98 Å². The molecular weight excluding hydrogens is 168 g/mol. The van der Waals surface area contributed by atoms with Crippen LogP contribution in [-0.4, -0.2) is 23.3 Å². The van der Waals surface area contributed by atoms with Gasteiger partial charge in [0.2, 0.25) is 5.88 Å². The van der Waals surface area contributed by atoms with Gasteiger partial charge < -0.3 is 15.6 Å². The Kier molecular flexibility index (Phi) is 3.22. The van der Waals surface area contributed by atoms with Gasteiger partial charge in [-0.1, -0.05) is 0 Å². The van der Waals surface area contributed by atoms with Crippen molar-refractivity contribution < 1.29 is 9.84 Å². The van der Waals surface area contributed by atoms with E-state index in [0.717, 1.165) is 5.56 Å². The van der Waals surface area contributed by atoms with Gasteiger partial charge in [0.05, 0.1) is 19.3 Å². The molecule has 13 heavy (non-hydrogen) atoms. The Balaban J connectivity index is 2.88. The van der Waals surface area contributed by atoms with E-state index >= 15 is 0 Å². The van der Waals surface area contributed by atoms with Gasteiger partial charge in [0.25, 0.3) is 0 Å². The summed E-state index contributed by atoms with van der Waals surface area (Å²) in [5, 5.41) is 9.25. The Labute approximate surface area is 77.4 Å². The number of methoxy groups -OCH3 is 1. The summed E-state index contributed by atoms with van der Waals surface area (Å²) in [4.78, 5) is 3.94. The van der Waals surface area contributed by atoms with Crippen LogP contribution in [0.1, 0.15) is 18.5 Å². The highest BCUT2D eigenvalue weighted by atomic mass is 16.5. The lowest BCUT2D eigenvalue weighted by molar-refractivity contribution is 0.164. The topological polar surface area (TPSA) is 68.4 Å². The van der Waals surface area contributed by atoms with Gasteiger partial charge in [0.1, 0.15) is 0 Å². The van der Waals surface area contributed by atoms with Crippen molar-refractivity contribution in [3.63, 3.8) is 0 Å². The summed E-state index contributed by atoms with van der Waals surface area (Å²) in [6, 6.07) is 3.09. The van der Waals surface area contributed by atoms with Crippen molar-refractivity contribution in [2.45, 2.75) is 19.1 Å². The van der Waals surface area contributed by atoms with Gasteiger partial charge >= 0.3 is 0 Å². The van der Waals surface area contributed by atoms with Crippen molar-refractivity contribution >= 4 is 0 Å². The lowest BCUT2D eigenvalue weighted by atomic mass is 10.1. The normalized spacial score (nSPS) is 15.1. The Morgan fingerprint density at radius 3 is 2.85 bits per heavy atom. The van der Waals surface area contributed by atoms with E-state index in [9.17, 15) is 5.11 Å². The van der Waals surface area contributed by atoms with E-state index in [1.165, 1.54) is 0 Å². The second-order valence-corrected chi connectivity index (χ2v) is 2.90. The summed E-state index contributed by atoms with van der Waals surface area (Å²) in [6.45, 7) is 1.65. The molecule has 4 nitrogen and oxygen atoms in total. The highest BCUT2D eigenvalue weighted by molar-refractivity contribution is 5.23. The Morgan fingerprint density at radius 2 is 2.31 bits per heavy atom. The molecule has 4 heteroatoms. The van der Waals surface area contributed by atoms with Gasteiger partial charge in [-0.3, -0.25) is 0 Å². The molecule has 1 heterocycles. The average Bonchev–Trinajstić information content (AvgIpc) is 2.16. The van der Waals surface area contributed by atoms with Gasteiger partial charge in [-0.2, -0.15) is 0 Å². The molecule has 0 aliphatic rings. The van der Waals surface area contributed by atoms with Crippen LogP contribution in [0.5, 0.6) is 5.88 Å². The van der Waals surface area contributed by atoms with Crippen LogP contribution in [0.4, 0.5) is 0 Å². The van der Waals surface area contributed by atoms with Crippen LogP contribution in [0.2, 0.25) is 0 Å². The smallest absolute Gasteiger partial charge is 0.213 e. The number of ether oxygens (including phenoxy) is 1. The van der Waals surface area contributed by atoms with Gasteiger partial charge in [-0.15, -0.1) is 0 Å². The van der Waals surface area contributed by atoms with Crippen molar-refractivity contribution in [2.75, 3.05) is 7.11 Å². The maximum absolute atomic E-state index is 9.25. The molecule has 1 aromatic heterocycles. The third kappa shape index (κ3) is 2.40. The number of aliphatic hydroxyl groups is 1. The molecule has 0 amide bonds. The van der Waals surface area contributed by atoms with Gasteiger partial charge in [0.15, 0.2) is 0 Å². The molecule has 0 unspecified atom stereocenters. The van der Waals surface area contributed by atoms with Crippen LogP contribution in [0.3, 0.4) is 0 Å². The molecule has 1 rings (SSSR count). The summed E-state index contributed by atoms with van der Waals surface area (Å²) in [5.74, 6) is 0.508. The first-order valence-electron chi connectivity index (χ1n) is 4.08. The quantitative estimate of drug-likeness (QED) is 0.713. The van der Waals surface area contributed by atoms with Crippen LogP contribution < -0.4 is 10.5 Å².